The van der Waals surface area contributed by atoms with E-state index in [1.807, 2.05) is 6.07 Å². The van der Waals surface area contributed by atoms with Gasteiger partial charge in [0, 0.05) is 12.1 Å². The Kier molecular flexibility index (Phi) is 5.93. The highest BCUT2D eigenvalue weighted by molar-refractivity contribution is 6.22. The van der Waals surface area contributed by atoms with Gasteiger partial charge in [-0.1, -0.05) is 38.0 Å². The maximum Gasteiger partial charge on any atom is 0.251 e. The first-order chi connectivity index (χ1) is 14.0. The van der Waals surface area contributed by atoms with E-state index in [-0.39, 0.29) is 36.7 Å². The summed E-state index contributed by atoms with van der Waals surface area (Å²) < 4.78 is 5.51. The third kappa shape index (κ3) is 4.05. The minimum Gasteiger partial charge on any atom is -0.366 e. The van der Waals surface area contributed by atoms with E-state index in [4.69, 9.17) is 16.3 Å². The number of ether oxygens (including phenoxy) is 1. The SMILES string of the molecule is C[C@H]1CC[C@H](C(NC(=O)c2ccccc2)C(=O)N2C[C@H](Cl)[C@H]3OCC(=O)[C@H]32)CC1. The van der Waals surface area contributed by atoms with Crippen molar-refractivity contribution >= 4 is 29.2 Å². The molecule has 1 aromatic rings. The number of rotatable bonds is 4. The lowest BCUT2D eigenvalue weighted by Crippen LogP contribution is -2.55. The minimum absolute atomic E-state index is 0.00961. The first-order valence-electron chi connectivity index (χ1n) is 10.4. The molecular formula is C22H27ClN2O4. The van der Waals surface area contributed by atoms with Crippen molar-refractivity contribution < 1.29 is 19.1 Å². The molecule has 3 aliphatic rings. The van der Waals surface area contributed by atoms with E-state index in [2.05, 4.69) is 12.2 Å². The second-order valence-electron chi connectivity index (χ2n) is 8.53. The number of halogens is 1. The summed E-state index contributed by atoms with van der Waals surface area (Å²) in [4.78, 5) is 40.3. The summed E-state index contributed by atoms with van der Waals surface area (Å²) in [5.41, 5.74) is 0.518. The Balaban J connectivity index is 1.57. The molecular weight excluding hydrogens is 392 g/mol. The Morgan fingerprint density at radius 3 is 2.55 bits per heavy atom. The summed E-state index contributed by atoms with van der Waals surface area (Å²) in [6, 6.07) is 7.61. The summed E-state index contributed by atoms with van der Waals surface area (Å²) in [5.74, 6) is 0.0779. The number of Topliss-reactive ketones (excluding diaryl/α,β-unsaturated/α-hetero) is 1. The quantitative estimate of drug-likeness (QED) is 0.762. The van der Waals surface area contributed by atoms with Crippen LogP contribution in [-0.2, 0) is 14.3 Å². The fourth-order valence-corrected chi connectivity index (χ4v) is 5.18. The number of carbonyl (C=O) groups excluding carboxylic acids is 3. The van der Waals surface area contributed by atoms with Gasteiger partial charge in [-0.3, -0.25) is 14.4 Å². The molecule has 1 aromatic carbocycles. The highest BCUT2D eigenvalue weighted by Crippen LogP contribution is 2.35. The molecule has 0 aromatic heterocycles. The van der Waals surface area contributed by atoms with Gasteiger partial charge in [0.25, 0.3) is 5.91 Å². The molecule has 29 heavy (non-hydrogen) atoms. The molecule has 0 spiro atoms. The van der Waals surface area contributed by atoms with Crippen LogP contribution in [0.25, 0.3) is 0 Å². The average molecular weight is 419 g/mol. The number of fused-ring (bicyclic) bond motifs is 1. The van der Waals surface area contributed by atoms with Gasteiger partial charge < -0.3 is 15.0 Å². The number of hydrogen-bond acceptors (Lipinski definition) is 4. The highest BCUT2D eigenvalue weighted by atomic mass is 35.5. The van der Waals surface area contributed by atoms with Gasteiger partial charge in [-0.05, 0) is 36.8 Å². The molecule has 2 aliphatic heterocycles. The number of likely N-dealkylation sites (tertiary alicyclic amines) is 1. The first-order valence-corrected chi connectivity index (χ1v) is 10.8. The maximum atomic E-state index is 13.6. The molecule has 0 bridgehead atoms. The van der Waals surface area contributed by atoms with E-state index in [0.29, 0.717) is 11.5 Å². The van der Waals surface area contributed by atoms with Crippen LogP contribution in [0.3, 0.4) is 0 Å². The second kappa shape index (κ2) is 8.44. The van der Waals surface area contributed by atoms with E-state index in [9.17, 15) is 14.4 Å². The zero-order chi connectivity index (χ0) is 20.5. The topological polar surface area (TPSA) is 75.7 Å². The zero-order valence-corrected chi connectivity index (χ0v) is 17.3. The van der Waals surface area contributed by atoms with E-state index in [1.165, 1.54) is 0 Å². The van der Waals surface area contributed by atoms with Gasteiger partial charge in [0.15, 0.2) is 5.78 Å². The third-order valence-corrected chi connectivity index (χ3v) is 6.91. The van der Waals surface area contributed by atoms with Crippen LogP contribution in [-0.4, -0.2) is 59.2 Å². The number of benzene rings is 1. The summed E-state index contributed by atoms with van der Waals surface area (Å²) in [7, 11) is 0. The first kappa shape index (κ1) is 20.4. The van der Waals surface area contributed by atoms with Gasteiger partial charge in [-0.15, -0.1) is 11.6 Å². The lowest BCUT2D eigenvalue weighted by Gasteiger charge is -2.35. The van der Waals surface area contributed by atoms with E-state index in [0.717, 1.165) is 25.7 Å². The molecule has 6 nitrogen and oxygen atoms in total. The van der Waals surface area contributed by atoms with Crippen molar-refractivity contribution in [3.8, 4) is 0 Å². The van der Waals surface area contributed by atoms with Crippen LogP contribution in [0, 0.1) is 11.8 Å². The van der Waals surface area contributed by atoms with Crippen molar-refractivity contribution in [2.75, 3.05) is 13.2 Å². The van der Waals surface area contributed by atoms with E-state index in [1.54, 1.807) is 29.2 Å². The molecule has 4 atom stereocenters. The van der Waals surface area contributed by atoms with Gasteiger partial charge in [0.1, 0.15) is 24.8 Å². The van der Waals surface area contributed by atoms with Crippen molar-refractivity contribution in [3.63, 3.8) is 0 Å². The maximum absolute atomic E-state index is 13.6. The molecule has 1 N–H and O–H groups in total. The lowest BCUT2D eigenvalue weighted by atomic mass is 9.78. The number of amides is 2. The number of hydrogen-bond donors (Lipinski definition) is 1. The standard InChI is InChI=1S/C22H27ClN2O4/c1-13-7-9-14(10-8-13)18(24-21(27)15-5-3-2-4-6-15)22(28)25-11-16(23)20-19(25)17(26)12-29-20/h2-6,13-14,16,18-20H,7-12H2,1H3,(H,24,27)/t13-,14-,16-,18?,19+,20+/m0/s1. The van der Waals surface area contributed by atoms with Crippen LogP contribution in [0.4, 0.5) is 0 Å². The molecule has 1 aliphatic carbocycles. The summed E-state index contributed by atoms with van der Waals surface area (Å²) >= 11 is 6.37. The van der Waals surface area contributed by atoms with Crippen molar-refractivity contribution in [2.24, 2.45) is 11.8 Å². The smallest absolute Gasteiger partial charge is 0.251 e. The van der Waals surface area contributed by atoms with Crippen LogP contribution >= 0.6 is 11.6 Å². The van der Waals surface area contributed by atoms with Gasteiger partial charge in [0.05, 0.1) is 5.38 Å². The molecule has 7 heteroatoms. The predicted octanol–water partition coefficient (Wildman–Crippen LogP) is 2.40. The molecule has 2 saturated heterocycles. The van der Waals surface area contributed by atoms with E-state index >= 15 is 0 Å². The van der Waals surface area contributed by atoms with Crippen molar-refractivity contribution in [1.29, 1.82) is 0 Å². The monoisotopic (exact) mass is 418 g/mol. The Hall–Kier alpha value is -1.92. The lowest BCUT2D eigenvalue weighted by molar-refractivity contribution is -0.139. The van der Waals surface area contributed by atoms with Crippen LogP contribution in [0.15, 0.2) is 30.3 Å². The molecule has 1 saturated carbocycles. The van der Waals surface area contributed by atoms with E-state index < -0.39 is 23.6 Å². The Labute approximate surface area is 175 Å². The van der Waals surface area contributed by atoms with Gasteiger partial charge in [-0.25, -0.2) is 0 Å². The molecule has 2 heterocycles. The molecule has 3 fully saturated rings. The van der Waals surface area contributed by atoms with Crippen LogP contribution < -0.4 is 5.32 Å². The Morgan fingerprint density at radius 1 is 1.17 bits per heavy atom. The second-order valence-corrected chi connectivity index (χ2v) is 9.09. The number of nitrogens with zero attached hydrogens (tertiary/aromatic N) is 1. The van der Waals surface area contributed by atoms with Crippen molar-refractivity contribution in [3.05, 3.63) is 35.9 Å². The Bertz CT molecular complexity index is 778. The molecule has 2 amide bonds. The van der Waals surface area contributed by atoms with Crippen LogP contribution in [0.2, 0.25) is 0 Å². The van der Waals surface area contributed by atoms with Crippen LogP contribution in [0.1, 0.15) is 43.0 Å². The summed E-state index contributed by atoms with van der Waals surface area (Å²) in [6.45, 7) is 2.47. The highest BCUT2D eigenvalue weighted by Gasteiger charge is 2.53. The number of nitrogens with one attached hydrogen (secondary N) is 1. The van der Waals surface area contributed by atoms with Gasteiger partial charge >= 0.3 is 0 Å². The van der Waals surface area contributed by atoms with Gasteiger partial charge in [0.2, 0.25) is 5.91 Å². The van der Waals surface area contributed by atoms with Gasteiger partial charge in [-0.2, -0.15) is 0 Å². The van der Waals surface area contributed by atoms with Crippen molar-refractivity contribution in [2.45, 2.75) is 56.2 Å². The molecule has 156 valence electrons. The summed E-state index contributed by atoms with van der Waals surface area (Å²) in [5, 5.41) is 2.57. The summed E-state index contributed by atoms with van der Waals surface area (Å²) in [6.07, 6.45) is 3.36. The predicted molar refractivity (Wildman–Crippen MR) is 109 cm³/mol. The fourth-order valence-electron chi connectivity index (χ4n) is 4.82. The Morgan fingerprint density at radius 2 is 1.86 bits per heavy atom. The minimum atomic E-state index is -0.661. The largest absolute Gasteiger partial charge is 0.366 e. The third-order valence-electron chi connectivity index (χ3n) is 6.53. The van der Waals surface area contributed by atoms with Crippen LogP contribution in [0.5, 0.6) is 0 Å². The molecule has 1 unspecified atom stereocenters. The molecule has 0 radical (unpaired) electrons. The number of ketones is 1. The normalized spacial score (nSPS) is 32.7. The number of alkyl halides is 1. The zero-order valence-electron chi connectivity index (χ0n) is 16.6. The average Bonchev–Trinajstić information content (AvgIpc) is 3.28. The number of carbonyl (C=O) groups is 3. The van der Waals surface area contributed by atoms with Crippen molar-refractivity contribution in [1.82, 2.24) is 10.2 Å². The fraction of sp³-hybridized carbons (Fsp3) is 0.591. The molecule has 4 rings (SSSR count).